The van der Waals surface area contributed by atoms with Crippen LogP contribution in [0.5, 0.6) is 0 Å². The summed E-state index contributed by atoms with van der Waals surface area (Å²) in [5, 5.41) is 3.40. The van der Waals surface area contributed by atoms with E-state index in [2.05, 4.69) is 24.1 Å². The third kappa shape index (κ3) is 2.58. The molecule has 6 heteroatoms. The molecule has 2 aliphatic rings. The number of aromatic nitrogens is 1. The molecule has 1 aromatic carbocycles. The van der Waals surface area contributed by atoms with Crippen LogP contribution in [0.1, 0.15) is 36.2 Å². The lowest BCUT2D eigenvalue weighted by Crippen LogP contribution is -2.24. The van der Waals surface area contributed by atoms with Gasteiger partial charge in [0.1, 0.15) is 11.6 Å². The summed E-state index contributed by atoms with van der Waals surface area (Å²) in [6.07, 6.45) is 2.79. The second-order valence-electron chi connectivity index (χ2n) is 8.28. The molecule has 2 unspecified atom stereocenters. The second kappa shape index (κ2) is 5.94. The van der Waals surface area contributed by atoms with Crippen LogP contribution in [0.15, 0.2) is 24.4 Å². The maximum absolute atomic E-state index is 15.2. The molecule has 0 saturated heterocycles. The molecule has 1 aromatic heterocycles. The minimum atomic E-state index is -0.591. The molecule has 1 amide bonds. The Morgan fingerprint density at radius 1 is 1.41 bits per heavy atom. The molecule has 0 radical (unpaired) electrons. The predicted octanol–water partition coefficient (Wildman–Crippen LogP) is 3.51. The third-order valence-corrected chi connectivity index (χ3v) is 6.04. The van der Waals surface area contributed by atoms with E-state index in [1.165, 1.54) is 4.90 Å². The Balaban J connectivity index is 1.80. The van der Waals surface area contributed by atoms with E-state index in [1.54, 1.807) is 32.4 Å². The number of fused-ring (bicyclic) bond motifs is 2. The lowest BCUT2D eigenvalue weighted by atomic mass is 9.90. The monoisotopic (exact) mass is 368 g/mol. The standard InChI is InChI=1S/C21H25FN4O/c1-11(2)15-8-21(15)10-25-19-14(21)7-12(9-24-19)13-5-6-16(23)17(18(13)22)20(27)26(3)4/h5-7,9,11,15H,8,10,23H2,1-4H3,(H,24,25). The average Bonchev–Trinajstić information content (AvgIpc) is 3.25. The first-order valence-corrected chi connectivity index (χ1v) is 9.30. The fourth-order valence-corrected chi connectivity index (χ4v) is 4.44. The summed E-state index contributed by atoms with van der Waals surface area (Å²) in [5.74, 6) is 1.07. The van der Waals surface area contributed by atoms with Gasteiger partial charge in [0.15, 0.2) is 0 Å². The molecule has 1 aliphatic carbocycles. The summed E-state index contributed by atoms with van der Waals surface area (Å²) < 4.78 is 15.2. The van der Waals surface area contributed by atoms with Crippen molar-refractivity contribution in [1.29, 1.82) is 0 Å². The van der Waals surface area contributed by atoms with Crippen molar-refractivity contribution in [2.24, 2.45) is 11.8 Å². The number of hydrogen-bond acceptors (Lipinski definition) is 4. The Hall–Kier alpha value is -2.63. The zero-order valence-electron chi connectivity index (χ0n) is 16.1. The Morgan fingerprint density at radius 3 is 2.78 bits per heavy atom. The summed E-state index contributed by atoms with van der Waals surface area (Å²) in [6.45, 7) is 5.37. The van der Waals surface area contributed by atoms with Crippen LogP contribution in [0.25, 0.3) is 11.1 Å². The smallest absolute Gasteiger partial charge is 0.258 e. The zero-order valence-corrected chi connectivity index (χ0v) is 16.1. The van der Waals surface area contributed by atoms with Crippen LogP contribution < -0.4 is 11.1 Å². The number of anilines is 2. The van der Waals surface area contributed by atoms with Gasteiger partial charge in [-0.25, -0.2) is 9.37 Å². The number of rotatable bonds is 3. The fourth-order valence-electron chi connectivity index (χ4n) is 4.44. The number of nitrogens with zero attached hydrogens (tertiary/aromatic N) is 2. The van der Waals surface area contributed by atoms with Gasteiger partial charge in [-0.1, -0.05) is 13.8 Å². The largest absolute Gasteiger partial charge is 0.398 e. The van der Waals surface area contributed by atoms with E-state index >= 15 is 4.39 Å². The van der Waals surface area contributed by atoms with Crippen LogP contribution >= 0.6 is 0 Å². The van der Waals surface area contributed by atoms with Gasteiger partial charge in [-0.05, 0) is 36.5 Å². The number of halogens is 1. The second-order valence-corrected chi connectivity index (χ2v) is 8.28. The summed E-state index contributed by atoms with van der Waals surface area (Å²) in [7, 11) is 3.17. The third-order valence-electron chi connectivity index (χ3n) is 6.04. The minimum Gasteiger partial charge on any atom is -0.398 e. The molecule has 1 aliphatic heterocycles. The number of carbonyl (C=O) groups is 1. The summed E-state index contributed by atoms with van der Waals surface area (Å²) in [6, 6.07) is 5.25. The Bertz CT molecular complexity index is 940. The number of nitrogen functional groups attached to an aromatic ring is 1. The van der Waals surface area contributed by atoms with Gasteiger partial charge in [-0.15, -0.1) is 0 Å². The van der Waals surface area contributed by atoms with Gasteiger partial charge < -0.3 is 16.0 Å². The van der Waals surface area contributed by atoms with Crippen molar-refractivity contribution in [3.05, 3.63) is 41.3 Å². The van der Waals surface area contributed by atoms with Gasteiger partial charge in [0.05, 0.1) is 5.56 Å². The molecule has 3 N–H and O–H groups in total. The molecule has 1 fully saturated rings. The predicted molar refractivity (Wildman–Crippen MR) is 105 cm³/mol. The van der Waals surface area contributed by atoms with E-state index < -0.39 is 11.7 Å². The molecule has 142 valence electrons. The number of nitrogens with one attached hydrogen (secondary N) is 1. The molecular formula is C21H25FN4O. The lowest BCUT2D eigenvalue weighted by molar-refractivity contribution is 0.0824. The van der Waals surface area contributed by atoms with Crippen molar-refractivity contribution < 1.29 is 9.18 Å². The number of pyridine rings is 1. The van der Waals surface area contributed by atoms with E-state index in [4.69, 9.17) is 5.73 Å². The number of hydrogen-bond donors (Lipinski definition) is 2. The maximum atomic E-state index is 15.2. The number of amides is 1. The minimum absolute atomic E-state index is 0.0858. The van der Waals surface area contributed by atoms with Gasteiger partial charge in [0.25, 0.3) is 5.91 Å². The highest BCUT2D eigenvalue weighted by Crippen LogP contribution is 2.62. The van der Waals surface area contributed by atoms with Gasteiger partial charge >= 0.3 is 0 Å². The number of benzene rings is 1. The molecular weight excluding hydrogens is 343 g/mol. The molecule has 2 atom stereocenters. The Kier molecular flexibility index (Phi) is 3.91. The maximum Gasteiger partial charge on any atom is 0.258 e. The summed E-state index contributed by atoms with van der Waals surface area (Å²) in [5.41, 5.74) is 8.25. The van der Waals surface area contributed by atoms with E-state index in [-0.39, 0.29) is 16.7 Å². The zero-order chi connectivity index (χ0) is 19.5. The fraction of sp³-hybridized carbons (Fsp3) is 0.429. The molecule has 27 heavy (non-hydrogen) atoms. The van der Waals surface area contributed by atoms with Crippen molar-refractivity contribution in [3.8, 4) is 11.1 Å². The van der Waals surface area contributed by atoms with E-state index in [9.17, 15) is 4.79 Å². The first kappa shape index (κ1) is 17.8. The van der Waals surface area contributed by atoms with Crippen molar-refractivity contribution in [1.82, 2.24) is 9.88 Å². The number of nitrogens with two attached hydrogens (primary N) is 1. The first-order chi connectivity index (χ1) is 12.8. The van der Waals surface area contributed by atoms with E-state index in [1.807, 2.05) is 6.07 Å². The normalized spacial score (nSPS) is 22.7. The lowest BCUT2D eigenvalue weighted by Gasteiger charge is -2.16. The molecule has 1 spiro atoms. The van der Waals surface area contributed by atoms with Crippen LogP contribution in [0, 0.1) is 17.7 Å². The van der Waals surface area contributed by atoms with Gasteiger partial charge in [-0.3, -0.25) is 4.79 Å². The van der Waals surface area contributed by atoms with Crippen molar-refractivity contribution >= 4 is 17.4 Å². The van der Waals surface area contributed by atoms with Crippen LogP contribution in [0.4, 0.5) is 15.9 Å². The van der Waals surface area contributed by atoms with E-state index in [0.29, 0.717) is 23.0 Å². The SMILES string of the molecule is CC(C)C1CC12CNc1ncc(-c3ccc(N)c(C(=O)N(C)C)c3F)cc12. The molecule has 2 aromatic rings. The molecule has 2 heterocycles. The van der Waals surface area contributed by atoms with Crippen LogP contribution in [0.2, 0.25) is 0 Å². The van der Waals surface area contributed by atoms with E-state index in [0.717, 1.165) is 24.3 Å². The van der Waals surface area contributed by atoms with Crippen LogP contribution in [0.3, 0.4) is 0 Å². The highest BCUT2D eigenvalue weighted by atomic mass is 19.1. The number of carbonyl (C=O) groups excluding carboxylic acids is 1. The van der Waals surface area contributed by atoms with Gasteiger partial charge in [-0.2, -0.15) is 0 Å². The van der Waals surface area contributed by atoms with Gasteiger partial charge in [0, 0.05) is 54.6 Å². The van der Waals surface area contributed by atoms with Crippen molar-refractivity contribution in [2.75, 3.05) is 31.7 Å². The summed E-state index contributed by atoms with van der Waals surface area (Å²) >= 11 is 0. The molecule has 0 bridgehead atoms. The van der Waals surface area contributed by atoms with Crippen LogP contribution in [-0.4, -0.2) is 36.4 Å². The molecule has 1 saturated carbocycles. The van der Waals surface area contributed by atoms with Crippen LogP contribution in [-0.2, 0) is 5.41 Å². The highest BCUT2D eigenvalue weighted by Gasteiger charge is 2.59. The van der Waals surface area contributed by atoms with Crippen molar-refractivity contribution in [3.63, 3.8) is 0 Å². The Morgan fingerprint density at radius 2 is 2.15 bits per heavy atom. The topological polar surface area (TPSA) is 71.2 Å². The average molecular weight is 368 g/mol. The first-order valence-electron chi connectivity index (χ1n) is 9.30. The highest BCUT2D eigenvalue weighted by molar-refractivity contribution is 6.00. The van der Waals surface area contributed by atoms with Crippen molar-refractivity contribution in [2.45, 2.75) is 25.7 Å². The van der Waals surface area contributed by atoms with Gasteiger partial charge in [0.2, 0.25) is 0 Å². The molecule has 5 nitrogen and oxygen atoms in total. The Labute approximate surface area is 158 Å². The molecule has 4 rings (SSSR count). The quantitative estimate of drug-likeness (QED) is 0.814. The summed E-state index contributed by atoms with van der Waals surface area (Å²) in [4.78, 5) is 18.2.